The average molecular weight is 514 g/mol. The molecule has 6 aromatic rings. The van der Waals surface area contributed by atoms with Gasteiger partial charge in [-0.3, -0.25) is 16.7 Å². The molecule has 0 radical (unpaired) electrons. The molecule has 10 nitrogen and oxygen atoms in total. The van der Waals surface area contributed by atoms with Gasteiger partial charge in [0.25, 0.3) is 0 Å². The minimum Gasteiger partial charge on any atom is -0.435 e. The van der Waals surface area contributed by atoms with Gasteiger partial charge in [0.05, 0.1) is 23.2 Å². The third-order valence-electron chi connectivity index (χ3n) is 5.88. The Kier molecular flexibility index (Phi) is 6.89. The molecule has 0 aliphatic carbocycles. The molecule has 6 rings (SSSR count). The summed E-state index contributed by atoms with van der Waals surface area (Å²) < 4.78 is 29.6. The number of benzene rings is 2. The largest absolute Gasteiger partial charge is 0.435 e. The molecule has 0 fully saturated rings. The number of ether oxygens (including phenoxy) is 1. The summed E-state index contributed by atoms with van der Waals surface area (Å²) in [6, 6.07) is 14.1. The number of rotatable bonds is 5. The Morgan fingerprint density at radius 1 is 0.789 bits per heavy atom. The summed E-state index contributed by atoms with van der Waals surface area (Å²) in [5, 5.41) is 0.796. The van der Waals surface area contributed by atoms with E-state index in [4.69, 9.17) is 4.98 Å². The zero-order valence-corrected chi connectivity index (χ0v) is 20.0. The van der Waals surface area contributed by atoms with Crippen molar-refractivity contribution in [3.05, 3.63) is 79.3 Å². The molecule has 12 heteroatoms. The Morgan fingerprint density at radius 3 is 2.34 bits per heavy atom. The van der Waals surface area contributed by atoms with Crippen molar-refractivity contribution in [3.8, 4) is 39.5 Å². The quantitative estimate of drug-likeness (QED) is 0.224. The lowest BCUT2D eigenvalue weighted by Gasteiger charge is -2.14. The molecule has 190 valence electrons. The van der Waals surface area contributed by atoms with Crippen molar-refractivity contribution < 1.29 is 13.5 Å². The molecular weight excluding hydrogens is 492 g/mol. The van der Waals surface area contributed by atoms with E-state index in [0.717, 1.165) is 27.6 Å². The summed E-state index contributed by atoms with van der Waals surface area (Å²) >= 11 is 0. The highest BCUT2D eigenvalue weighted by Gasteiger charge is 2.20. The number of halogens is 2. The van der Waals surface area contributed by atoms with Crippen molar-refractivity contribution in [3.63, 3.8) is 0 Å². The molecule has 0 unspecified atom stereocenters. The van der Waals surface area contributed by atoms with Gasteiger partial charge >= 0.3 is 6.61 Å². The van der Waals surface area contributed by atoms with E-state index in [-0.39, 0.29) is 5.75 Å². The first kappa shape index (κ1) is 24.7. The first-order valence-corrected chi connectivity index (χ1v) is 11.3. The summed E-state index contributed by atoms with van der Waals surface area (Å²) in [6.45, 7) is -0.887. The molecular formula is C26H21F2N9O. The number of alkyl halides is 2. The maximum absolute atomic E-state index is 12.6. The number of pyridine rings is 1. The number of hydrazine groups is 1. The number of hydrogen-bond acceptors (Lipinski definition) is 9. The number of nitrogens with two attached hydrogens (primary N) is 2. The van der Waals surface area contributed by atoms with Gasteiger partial charge in [-0.15, -0.1) is 0 Å². The van der Waals surface area contributed by atoms with Gasteiger partial charge in [-0.05, 0) is 48.9 Å². The van der Waals surface area contributed by atoms with Gasteiger partial charge in [0, 0.05) is 28.3 Å². The van der Waals surface area contributed by atoms with E-state index in [0.29, 0.717) is 33.8 Å². The summed E-state index contributed by atoms with van der Waals surface area (Å²) in [6.07, 6.45) is 6.29. The second kappa shape index (κ2) is 10.6. The molecule has 0 saturated carbocycles. The van der Waals surface area contributed by atoms with Crippen LogP contribution in [0.4, 0.5) is 8.78 Å². The smallest absolute Gasteiger partial charge is 0.387 e. The monoisotopic (exact) mass is 513 g/mol. The minimum absolute atomic E-state index is 0.0799. The number of nitrogens with one attached hydrogen (secondary N) is 1. The molecule has 4 aromatic heterocycles. The van der Waals surface area contributed by atoms with Gasteiger partial charge in [0.15, 0.2) is 5.65 Å². The Labute approximate surface area is 214 Å². The van der Waals surface area contributed by atoms with E-state index in [1.165, 1.54) is 24.8 Å². The number of aromatic nitrogens is 7. The predicted octanol–water partition coefficient (Wildman–Crippen LogP) is 4.42. The predicted molar refractivity (Wildman–Crippen MR) is 139 cm³/mol. The van der Waals surface area contributed by atoms with Crippen LogP contribution in [0.2, 0.25) is 0 Å². The topological polar surface area (TPSA) is 154 Å². The summed E-state index contributed by atoms with van der Waals surface area (Å²) in [5.74, 6) is 8.08. The highest BCUT2D eigenvalue weighted by molar-refractivity contribution is 6.04. The van der Waals surface area contributed by atoms with Gasteiger partial charge < -0.3 is 9.72 Å². The number of nitrogens with zero attached hydrogens (tertiary/aromatic N) is 6. The van der Waals surface area contributed by atoms with Crippen LogP contribution in [0, 0.1) is 6.92 Å². The lowest BCUT2D eigenvalue weighted by Crippen LogP contribution is -2.02. The number of H-pyrrole nitrogens is 1. The molecule has 0 spiro atoms. The van der Waals surface area contributed by atoms with Crippen LogP contribution < -0.4 is 16.4 Å². The summed E-state index contributed by atoms with van der Waals surface area (Å²) in [4.78, 5) is 30.0. The van der Waals surface area contributed by atoms with E-state index in [9.17, 15) is 8.78 Å². The lowest BCUT2D eigenvalue weighted by atomic mass is 9.94. The fourth-order valence-electron chi connectivity index (χ4n) is 4.31. The van der Waals surface area contributed by atoms with Crippen LogP contribution in [-0.4, -0.2) is 41.5 Å². The maximum atomic E-state index is 12.6. The Morgan fingerprint density at radius 2 is 1.55 bits per heavy atom. The maximum Gasteiger partial charge on any atom is 0.387 e. The number of aryl methyl sites for hydroxylation is 1. The average Bonchev–Trinajstić information content (AvgIpc) is 3.43. The summed E-state index contributed by atoms with van der Waals surface area (Å²) in [7, 11) is 0. The molecule has 4 heterocycles. The van der Waals surface area contributed by atoms with Crippen molar-refractivity contribution in [2.24, 2.45) is 11.7 Å². The van der Waals surface area contributed by atoms with E-state index in [1.807, 2.05) is 31.2 Å². The van der Waals surface area contributed by atoms with Gasteiger partial charge in [0.1, 0.15) is 29.6 Å². The third kappa shape index (κ3) is 4.49. The SMILES string of the molecule is Cc1ccc2c(-c3ccc(OC(F)F)cc3)ncnc2c1-c1ncccc1-c1ncnc2[nH]cnc12.NN. The molecule has 0 amide bonds. The normalized spacial score (nSPS) is 11.0. The van der Waals surface area contributed by atoms with Gasteiger partial charge in [-0.2, -0.15) is 8.78 Å². The van der Waals surface area contributed by atoms with Crippen LogP contribution in [0.15, 0.2) is 73.7 Å². The number of hydrogen-bond donors (Lipinski definition) is 3. The van der Waals surface area contributed by atoms with Crippen molar-refractivity contribution in [1.82, 2.24) is 34.9 Å². The van der Waals surface area contributed by atoms with Crippen LogP contribution in [0.25, 0.3) is 55.8 Å². The first-order chi connectivity index (χ1) is 18.6. The molecule has 2 aromatic carbocycles. The summed E-state index contributed by atoms with van der Waals surface area (Å²) in [5.41, 5.74) is 7.36. The standard InChI is InChI=1S/C26H17F2N7O.H4N2/c1-14-4-9-18-20(15-5-7-16(8-6-15)36-26(27)28)30-11-31-22(18)19(14)21-17(3-2-10-29-21)23-24-25(34-12-32-23)35-13-33-24;1-2/h2-13,26H,1H3,(H,32,33,34,35);1-2H2. The second-order valence-electron chi connectivity index (χ2n) is 8.00. The Balaban J connectivity index is 0.00000144. The Hall–Kier alpha value is -4.94. The van der Waals surface area contributed by atoms with Gasteiger partial charge in [-0.1, -0.05) is 12.1 Å². The molecule has 0 aliphatic heterocycles. The van der Waals surface area contributed by atoms with Crippen LogP contribution in [0.1, 0.15) is 5.56 Å². The van der Waals surface area contributed by atoms with Crippen molar-refractivity contribution in [2.45, 2.75) is 13.5 Å². The lowest BCUT2D eigenvalue weighted by molar-refractivity contribution is -0.0498. The van der Waals surface area contributed by atoms with E-state index in [2.05, 4.69) is 46.3 Å². The molecule has 0 saturated heterocycles. The highest BCUT2D eigenvalue weighted by Crippen LogP contribution is 2.38. The van der Waals surface area contributed by atoms with Crippen molar-refractivity contribution in [1.29, 1.82) is 0 Å². The second-order valence-corrected chi connectivity index (χ2v) is 8.00. The van der Waals surface area contributed by atoms with Crippen LogP contribution in [-0.2, 0) is 0 Å². The zero-order chi connectivity index (χ0) is 26.6. The molecule has 5 N–H and O–H groups in total. The Bertz CT molecular complexity index is 1720. The van der Waals surface area contributed by atoms with Crippen LogP contribution in [0.3, 0.4) is 0 Å². The fraction of sp³-hybridized carbons (Fsp3) is 0.0769. The van der Waals surface area contributed by atoms with Gasteiger partial charge in [-0.25, -0.2) is 24.9 Å². The third-order valence-corrected chi connectivity index (χ3v) is 5.88. The zero-order valence-electron chi connectivity index (χ0n) is 20.0. The van der Waals surface area contributed by atoms with Crippen molar-refractivity contribution in [2.75, 3.05) is 0 Å². The van der Waals surface area contributed by atoms with E-state index in [1.54, 1.807) is 24.7 Å². The fourth-order valence-corrected chi connectivity index (χ4v) is 4.31. The van der Waals surface area contributed by atoms with Crippen LogP contribution in [0.5, 0.6) is 5.75 Å². The highest BCUT2D eigenvalue weighted by atomic mass is 19.3. The van der Waals surface area contributed by atoms with E-state index >= 15 is 0 Å². The molecule has 0 atom stereocenters. The number of imidazole rings is 1. The number of fused-ring (bicyclic) bond motifs is 2. The molecule has 0 bridgehead atoms. The van der Waals surface area contributed by atoms with Gasteiger partial charge in [0.2, 0.25) is 0 Å². The minimum atomic E-state index is -2.88. The van der Waals surface area contributed by atoms with Crippen LogP contribution >= 0.6 is 0 Å². The number of aromatic amines is 1. The first-order valence-electron chi connectivity index (χ1n) is 11.3. The van der Waals surface area contributed by atoms with Crippen molar-refractivity contribution >= 4 is 22.1 Å². The molecule has 38 heavy (non-hydrogen) atoms. The molecule has 0 aliphatic rings. The van der Waals surface area contributed by atoms with E-state index < -0.39 is 6.61 Å².